The summed E-state index contributed by atoms with van der Waals surface area (Å²) in [7, 11) is 0. The molecule has 1 saturated carbocycles. The van der Waals surface area contributed by atoms with Crippen molar-refractivity contribution in [2.24, 2.45) is 22.5 Å². The number of aliphatic carboxylic acids is 1. The fourth-order valence-electron chi connectivity index (χ4n) is 3.82. The van der Waals surface area contributed by atoms with E-state index in [1.165, 1.54) is 0 Å². The van der Waals surface area contributed by atoms with Gasteiger partial charge in [0.2, 0.25) is 5.91 Å². The number of carbonyl (C=O) groups is 2. The van der Waals surface area contributed by atoms with Crippen LogP contribution >= 0.6 is 0 Å². The summed E-state index contributed by atoms with van der Waals surface area (Å²) in [5.74, 6) is -0.603. The number of hydrogen-bond acceptors (Lipinski definition) is 3. The van der Waals surface area contributed by atoms with Gasteiger partial charge in [-0.3, -0.25) is 9.59 Å². The first-order chi connectivity index (χ1) is 9.83. The first-order valence-corrected chi connectivity index (χ1v) is 8.06. The average molecular weight is 296 g/mol. The third kappa shape index (κ3) is 2.93. The van der Waals surface area contributed by atoms with E-state index in [9.17, 15) is 14.7 Å². The van der Waals surface area contributed by atoms with Crippen LogP contribution in [0, 0.1) is 16.7 Å². The monoisotopic (exact) mass is 296 g/mol. The summed E-state index contributed by atoms with van der Waals surface area (Å²) in [6, 6.07) is 0. The lowest BCUT2D eigenvalue weighted by Gasteiger charge is -2.42. The van der Waals surface area contributed by atoms with E-state index in [0.29, 0.717) is 13.1 Å². The van der Waals surface area contributed by atoms with Crippen LogP contribution in [0.25, 0.3) is 0 Å². The third-order valence-corrected chi connectivity index (χ3v) is 5.69. The fraction of sp³-hybridized carbons (Fsp3) is 0.875. The Balaban J connectivity index is 2.10. The largest absolute Gasteiger partial charge is 0.481 e. The zero-order chi connectivity index (χ0) is 15.7. The number of amides is 1. The Kier molecular flexibility index (Phi) is 4.61. The maximum absolute atomic E-state index is 12.9. The summed E-state index contributed by atoms with van der Waals surface area (Å²) >= 11 is 0. The van der Waals surface area contributed by atoms with E-state index in [4.69, 9.17) is 5.73 Å². The minimum atomic E-state index is -0.787. The Labute approximate surface area is 126 Å². The van der Waals surface area contributed by atoms with Crippen molar-refractivity contribution in [1.82, 2.24) is 4.90 Å². The van der Waals surface area contributed by atoms with E-state index < -0.39 is 11.4 Å². The summed E-state index contributed by atoms with van der Waals surface area (Å²) < 4.78 is 0. The zero-order valence-corrected chi connectivity index (χ0v) is 13.2. The van der Waals surface area contributed by atoms with E-state index >= 15 is 0 Å². The molecule has 1 aliphatic heterocycles. The lowest BCUT2D eigenvalue weighted by atomic mass is 9.74. The molecule has 5 nitrogen and oxygen atoms in total. The molecule has 1 saturated heterocycles. The van der Waals surface area contributed by atoms with Gasteiger partial charge in [0.15, 0.2) is 0 Å². The third-order valence-electron chi connectivity index (χ3n) is 5.69. The van der Waals surface area contributed by atoms with Crippen molar-refractivity contribution < 1.29 is 14.7 Å². The minimum Gasteiger partial charge on any atom is -0.481 e. The Morgan fingerprint density at radius 3 is 2.43 bits per heavy atom. The van der Waals surface area contributed by atoms with Crippen molar-refractivity contribution >= 4 is 11.9 Å². The first-order valence-electron chi connectivity index (χ1n) is 8.06. The predicted molar refractivity (Wildman–Crippen MR) is 80.7 cm³/mol. The van der Waals surface area contributed by atoms with Crippen molar-refractivity contribution in [3.8, 4) is 0 Å². The van der Waals surface area contributed by atoms with Gasteiger partial charge in [0, 0.05) is 19.6 Å². The quantitative estimate of drug-likeness (QED) is 0.829. The van der Waals surface area contributed by atoms with E-state index in [0.717, 1.165) is 45.1 Å². The number of carboxylic acids is 1. The van der Waals surface area contributed by atoms with E-state index in [1.54, 1.807) is 13.8 Å². The molecule has 0 aromatic heterocycles. The lowest BCUT2D eigenvalue weighted by Crippen LogP contribution is -2.52. The van der Waals surface area contributed by atoms with Gasteiger partial charge in [0.05, 0.1) is 10.8 Å². The second kappa shape index (κ2) is 5.95. The standard InChI is InChI=1S/C16H28N2O3/c1-15(2,14(20)21)12-6-5-9-18(10-12)13(19)16(11-17)7-3-4-8-16/h12H,3-11,17H2,1-2H3,(H,20,21). The van der Waals surface area contributed by atoms with Crippen molar-refractivity contribution in [3.63, 3.8) is 0 Å². The number of nitrogens with zero attached hydrogens (tertiary/aromatic N) is 1. The summed E-state index contributed by atoms with van der Waals surface area (Å²) in [6.07, 6.45) is 5.66. The van der Waals surface area contributed by atoms with E-state index in [1.807, 2.05) is 4.90 Å². The highest BCUT2D eigenvalue weighted by Gasteiger charge is 2.45. The minimum absolute atomic E-state index is 0.0175. The molecule has 2 aliphatic rings. The molecule has 0 bridgehead atoms. The summed E-state index contributed by atoms with van der Waals surface area (Å²) in [6.45, 7) is 5.24. The summed E-state index contributed by atoms with van der Waals surface area (Å²) in [4.78, 5) is 26.2. The highest BCUT2D eigenvalue weighted by molar-refractivity contribution is 5.83. The number of hydrogen-bond donors (Lipinski definition) is 2. The SMILES string of the molecule is CC(C)(C(=O)O)C1CCCN(C(=O)C2(CN)CCCC2)C1. The molecule has 0 aromatic carbocycles. The number of rotatable bonds is 4. The second-order valence-corrected chi connectivity index (χ2v) is 7.31. The van der Waals surface area contributed by atoms with Crippen LogP contribution < -0.4 is 5.73 Å². The van der Waals surface area contributed by atoms with Gasteiger partial charge in [0.25, 0.3) is 0 Å². The topological polar surface area (TPSA) is 83.6 Å². The van der Waals surface area contributed by atoms with Gasteiger partial charge in [-0.25, -0.2) is 0 Å². The molecule has 0 aromatic rings. The Morgan fingerprint density at radius 1 is 1.29 bits per heavy atom. The molecule has 2 rings (SSSR count). The second-order valence-electron chi connectivity index (χ2n) is 7.31. The number of carboxylic acid groups (broad SMARTS) is 1. The zero-order valence-electron chi connectivity index (χ0n) is 13.2. The molecule has 3 N–H and O–H groups in total. The van der Waals surface area contributed by atoms with Crippen LogP contribution in [0.3, 0.4) is 0 Å². The van der Waals surface area contributed by atoms with Crippen LogP contribution in [0.15, 0.2) is 0 Å². The van der Waals surface area contributed by atoms with Crippen molar-refractivity contribution in [1.29, 1.82) is 0 Å². The predicted octanol–water partition coefficient (Wildman–Crippen LogP) is 1.85. The molecule has 2 fully saturated rings. The van der Waals surface area contributed by atoms with Gasteiger partial charge in [-0.2, -0.15) is 0 Å². The summed E-state index contributed by atoms with van der Waals surface area (Å²) in [5.41, 5.74) is 4.74. The highest BCUT2D eigenvalue weighted by atomic mass is 16.4. The average Bonchev–Trinajstić information content (AvgIpc) is 2.96. The van der Waals surface area contributed by atoms with Crippen LogP contribution in [0.2, 0.25) is 0 Å². The van der Waals surface area contributed by atoms with Crippen molar-refractivity contribution in [3.05, 3.63) is 0 Å². The first kappa shape index (κ1) is 16.3. The molecule has 0 radical (unpaired) electrons. The maximum Gasteiger partial charge on any atom is 0.309 e. The molecule has 21 heavy (non-hydrogen) atoms. The van der Waals surface area contributed by atoms with Crippen LogP contribution in [-0.4, -0.2) is 41.5 Å². The molecule has 1 unspecified atom stereocenters. The fourth-order valence-corrected chi connectivity index (χ4v) is 3.82. The molecule has 120 valence electrons. The smallest absolute Gasteiger partial charge is 0.309 e. The number of likely N-dealkylation sites (tertiary alicyclic amines) is 1. The van der Waals surface area contributed by atoms with Gasteiger partial charge in [0.1, 0.15) is 0 Å². The maximum atomic E-state index is 12.9. The van der Waals surface area contributed by atoms with Crippen LogP contribution in [0.4, 0.5) is 0 Å². The van der Waals surface area contributed by atoms with Gasteiger partial charge in [-0.05, 0) is 45.4 Å². The van der Waals surface area contributed by atoms with Crippen LogP contribution in [0.5, 0.6) is 0 Å². The van der Waals surface area contributed by atoms with Gasteiger partial charge < -0.3 is 15.7 Å². The molecule has 1 atom stereocenters. The molecule has 1 aliphatic carbocycles. The van der Waals surface area contributed by atoms with E-state index in [2.05, 4.69) is 0 Å². The van der Waals surface area contributed by atoms with Crippen molar-refractivity contribution in [2.75, 3.05) is 19.6 Å². The highest BCUT2D eigenvalue weighted by Crippen LogP contribution is 2.41. The van der Waals surface area contributed by atoms with Gasteiger partial charge in [-0.15, -0.1) is 0 Å². The normalized spacial score (nSPS) is 25.9. The molecule has 0 spiro atoms. The Hall–Kier alpha value is -1.10. The van der Waals surface area contributed by atoms with Crippen LogP contribution in [0.1, 0.15) is 52.4 Å². The van der Waals surface area contributed by atoms with Gasteiger partial charge >= 0.3 is 5.97 Å². The molecule has 1 heterocycles. The molecular weight excluding hydrogens is 268 g/mol. The lowest BCUT2D eigenvalue weighted by molar-refractivity contribution is -0.155. The molecular formula is C16H28N2O3. The number of piperidine rings is 1. The van der Waals surface area contributed by atoms with Crippen molar-refractivity contribution in [2.45, 2.75) is 52.4 Å². The molecule has 1 amide bonds. The summed E-state index contributed by atoms with van der Waals surface area (Å²) in [5, 5.41) is 9.40. The Bertz CT molecular complexity index is 414. The van der Waals surface area contributed by atoms with E-state index in [-0.39, 0.29) is 17.2 Å². The van der Waals surface area contributed by atoms with Crippen LogP contribution in [-0.2, 0) is 9.59 Å². The molecule has 5 heteroatoms. The Morgan fingerprint density at radius 2 is 1.90 bits per heavy atom. The number of carbonyl (C=O) groups excluding carboxylic acids is 1. The number of nitrogens with two attached hydrogens (primary N) is 1. The van der Waals surface area contributed by atoms with Gasteiger partial charge in [-0.1, -0.05) is 12.8 Å².